The maximum Gasteiger partial charge on any atom is 0.263 e. The lowest BCUT2D eigenvalue weighted by Crippen LogP contribution is -2.58. The van der Waals surface area contributed by atoms with E-state index in [2.05, 4.69) is 11.8 Å². The van der Waals surface area contributed by atoms with Crippen LogP contribution in [0.3, 0.4) is 0 Å². The van der Waals surface area contributed by atoms with Gasteiger partial charge in [-0.05, 0) is 31.2 Å². The van der Waals surface area contributed by atoms with Gasteiger partial charge in [0, 0.05) is 13.6 Å². The van der Waals surface area contributed by atoms with E-state index in [0.717, 1.165) is 31.3 Å². The van der Waals surface area contributed by atoms with Gasteiger partial charge in [0.2, 0.25) is 0 Å². The Morgan fingerprint density at radius 3 is 2.81 bits per heavy atom. The lowest BCUT2D eigenvalue weighted by Gasteiger charge is -2.49. The van der Waals surface area contributed by atoms with Gasteiger partial charge in [-0.15, -0.1) is 0 Å². The Balaban J connectivity index is 2.02. The van der Waals surface area contributed by atoms with E-state index in [0.29, 0.717) is 0 Å². The SMILES string of the molecule is CC[C@H]1CN2CC[C@H]1C[C@@H]2C(=O)N(C)OC. The number of hydrogen-bond acceptors (Lipinski definition) is 3. The molecule has 0 N–H and O–H groups in total. The molecule has 3 fully saturated rings. The number of nitrogens with zero attached hydrogens (tertiary/aromatic N) is 2. The van der Waals surface area contributed by atoms with Crippen molar-refractivity contribution in [3.8, 4) is 0 Å². The van der Waals surface area contributed by atoms with Crippen molar-refractivity contribution in [1.82, 2.24) is 9.96 Å². The van der Waals surface area contributed by atoms with Gasteiger partial charge in [-0.2, -0.15) is 0 Å². The van der Waals surface area contributed by atoms with Crippen molar-refractivity contribution in [3.05, 3.63) is 0 Å². The molecule has 0 saturated carbocycles. The third kappa shape index (κ3) is 1.96. The van der Waals surface area contributed by atoms with Crippen LogP contribution in [0.25, 0.3) is 0 Å². The highest BCUT2D eigenvalue weighted by Gasteiger charge is 2.43. The van der Waals surface area contributed by atoms with Crippen LogP contribution in [-0.2, 0) is 9.63 Å². The van der Waals surface area contributed by atoms with E-state index in [1.54, 1.807) is 14.2 Å². The highest BCUT2D eigenvalue weighted by molar-refractivity contribution is 5.81. The van der Waals surface area contributed by atoms with Crippen molar-refractivity contribution in [2.75, 3.05) is 27.2 Å². The van der Waals surface area contributed by atoms with E-state index in [1.807, 2.05) is 0 Å². The van der Waals surface area contributed by atoms with Gasteiger partial charge < -0.3 is 0 Å². The molecule has 3 aliphatic heterocycles. The molecular weight excluding hydrogens is 204 g/mol. The number of likely N-dealkylation sites (N-methyl/N-ethyl adjacent to an activating group) is 1. The van der Waals surface area contributed by atoms with E-state index in [1.165, 1.54) is 17.9 Å². The predicted molar refractivity (Wildman–Crippen MR) is 61.6 cm³/mol. The first kappa shape index (κ1) is 11.9. The average molecular weight is 226 g/mol. The van der Waals surface area contributed by atoms with Gasteiger partial charge >= 0.3 is 0 Å². The molecule has 16 heavy (non-hydrogen) atoms. The number of rotatable bonds is 3. The van der Waals surface area contributed by atoms with Crippen LogP contribution in [0.1, 0.15) is 26.2 Å². The first-order chi connectivity index (χ1) is 7.67. The van der Waals surface area contributed by atoms with Crippen LogP contribution in [0.4, 0.5) is 0 Å². The zero-order valence-electron chi connectivity index (χ0n) is 10.5. The van der Waals surface area contributed by atoms with Crippen LogP contribution in [0.15, 0.2) is 0 Å². The molecule has 4 nitrogen and oxygen atoms in total. The third-order valence-electron chi connectivity index (χ3n) is 4.28. The summed E-state index contributed by atoms with van der Waals surface area (Å²) in [5, 5.41) is 1.37. The zero-order valence-corrected chi connectivity index (χ0v) is 10.5. The number of carbonyl (C=O) groups is 1. The molecule has 0 spiro atoms. The highest BCUT2D eigenvalue weighted by atomic mass is 16.7. The summed E-state index contributed by atoms with van der Waals surface area (Å²) < 4.78 is 0. The van der Waals surface area contributed by atoms with E-state index < -0.39 is 0 Å². The molecule has 2 bridgehead atoms. The third-order valence-corrected chi connectivity index (χ3v) is 4.28. The van der Waals surface area contributed by atoms with Crippen molar-refractivity contribution in [2.45, 2.75) is 32.2 Å². The molecule has 0 radical (unpaired) electrons. The summed E-state index contributed by atoms with van der Waals surface area (Å²) >= 11 is 0. The van der Waals surface area contributed by atoms with Crippen molar-refractivity contribution in [3.63, 3.8) is 0 Å². The molecule has 0 aromatic carbocycles. The second-order valence-corrected chi connectivity index (χ2v) is 4.98. The first-order valence-corrected chi connectivity index (χ1v) is 6.23. The van der Waals surface area contributed by atoms with Gasteiger partial charge in [0.25, 0.3) is 5.91 Å². The molecule has 3 heterocycles. The number of fused-ring (bicyclic) bond motifs is 3. The normalized spacial score (nSPS) is 37.4. The number of piperidine rings is 3. The number of hydrogen-bond donors (Lipinski definition) is 0. The smallest absolute Gasteiger partial charge is 0.263 e. The van der Waals surface area contributed by atoms with E-state index in [9.17, 15) is 4.79 Å². The molecular formula is C12H22N2O2. The summed E-state index contributed by atoms with van der Waals surface area (Å²) in [5.74, 6) is 1.65. The molecule has 4 heteroatoms. The summed E-state index contributed by atoms with van der Waals surface area (Å²) in [4.78, 5) is 19.4. The van der Waals surface area contributed by atoms with Gasteiger partial charge in [0.05, 0.1) is 13.2 Å². The lowest BCUT2D eigenvalue weighted by atomic mass is 9.74. The minimum absolute atomic E-state index is 0.0616. The summed E-state index contributed by atoms with van der Waals surface area (Å²) in [6.07, 6.45) is 3.52. The van der Waals surface area contributed by atoms with Gasteiger partial charge in [0.15, 0.2) is 0 Å². The maximum atomic E-state index is 12.1. The number of hydroxylamine groups is 2. The monoisotopic (exact) mass is 226 g/mol. The molecule has 1 unspecified atom stereocenters. The topological polar surface area (TPSA) is 32.8 Å². The molecule has 0 aromatic rings. The minimum atomic E-state index is 0.0616. The Morgan fingerprint density at radius 1 is 1.56 bits per heavy atom. The summed E-state index contributed by atoms with van der Waals surface area (Å²) in [6.45, 7) is 4.43. The van der Waals surface area contributed by atoms with E-state index in [4.69, 9.17) is 4.84 Å². The molecule has 0 aromatic heterocycles. The minimum Gasteiger partial charge on any atom is -0.292 e. The molecule has 0 aliphatic carbocycles. The Hall–Kier alpha value is -0.610. The van der Waals surface area contributed by atoms with E-state index in [-0.39, 0.29) is 11.9 Å². The second kappa shape index (κ2) is 4.72. The second-order valence-electron chi connectivity index (χ2n) is 4.98. The fraction of sp³-hybridized carbons (Fsp3) is 0.917. The quantitative estimate of drug-likeness (QED) is 0.676. The van der Waals surface area contributed by atoms with Crippen LogP contribution in [0.2, 0.25) is 0 Å². The van der Waals surface area contributed by atoms with Crippen LogP contribution < -0.4 is 0 Å². The van der Waals surface area contributed by atoms with Crippen LogP contribution in [0.5, 0.6) is 0 Å². The molecule has 1 amide bonds. The van der Waals surface area contributed by atoms with Crippen molar-refractivity contribution in [2.24, 2.45) is 11.8 Å². The Morgan fingerprint density at radius 2 is 2.31 bits per heavy atom. The van der Waals surface area contributed by atoms with Crippen molar-refractivity contribution >= 4 is 5.91 Å². The largest absolute Gasteiger partial charge is 0.292 e. The summed E-state index contributed by atoms with van der Waals surface area (Å²) in [6, 6.07) is 0.0616. The van der Waals surface area contributed by atoms with Gasteiger partial charge in [0.1, 0.15) is 0 Å². The standard InChI is InChI=1S/C12H22N2O2/c1-4-9-8-14-6-5-10(9)7-11(14)12(15)13(2)16-3/h9-11H,4-8H2,1-3H3/t9-,10-,11+/m0/s1. The van der Waals surface area contributed by atoms with Crippen LogP contribution in [-0.4, -0.2) is 49.2 Å². The molecule has 3 aliphatic rings. The Bertz CT molecular complexity index is 270. The summed E-state index contributed by atoms with van der Waals surface area (Å²) in [7, 11) is 3.24. The fourth-order valence-electron chi connectivity index (χ4n) is 3.16. The predicted octanol–water partition coefficient (Wildman–Crippen LogP) is 1.13. The number of carbonyl (C=O) groups excluding carboxylic acids is 1. The molecule has 3 saturated heterocycles. The van der Waals surface area contributed by atoms with E-state index >= 15 is 0 Å². The van der Waals surface area contributed by atoms with Crippen LogP contribution in [0, 0.1) is 11.8 Å². The molecule has 3 rings (SSSR count). The average Bonchev–Trinajstić information content (AvgIpc) is 2.37. The summed E-state index contributed by atoms with van der Waals surface area (Å²) in [5.41, 5.74) is 0. The van der Waals surface area contributed by atoms with Crippen molar-refractivity contribution < 1.29 is 9.63 Å². The Labute approximate surface area is 97.5 Å². The maximum absolute atomic E-state index is 12.1. The number of amides is 1. The first-order valence-electron chi connectivity index (χ1n) is 6.23. The zero-order chi connectivity index (χ0) is 11.7. The lowest BCUT2D eigenvalue weighted by molar-refractivity contribution is -0.180. The Kier molecular flexibility index (Phi) is 3.50. The van der Waals surface area contributed by atoms with Crippen molar-refractivity contribution in [1.29, 1.82) is 0 Å². The van der Waals surface area contributed by atoms with Gasteiger partial charge in [-0.3, -0.25) is 14.5 Å². The fourth-order valence-corrected chi connectivity index (χ4v) is 3.16. The van der Waals surface area contributed by atoms with Crippen LogP contribution >= 0.6 is 0 Å². The highest BCUT2D eigenvalue weighted by Crippen LogP contribution is 2.38. The van der Waals surface area contributed by atoms with Gasteiger partial charge in [-0.1, -0.05) is 13.3 Å². The molecule has 4 atom stereocenters. The van der Waals surface area contributed by atoms with Gasteiger partial charge in [-0.25, -0.2) is 5.06 Å². The molecule has 92 valence electrons.